The molecule has 1 aromatic heterocycles. The zero-order valence-electron chi connectivity index (χ0n) is 6.49. The van der Waals surface area contributed by atoms with E-state index in [-0.39, 0.29) is 17.1 Å². The molecule has 0 aliphatic carbocycles. The van der Waals surface area contributed by atoms with Gasteiger partial charge in [0.1, 0.15) is 0 Å². The molecular weight excluding hydrogens is 176 g/mol. The van der Waals surface area contributed by atoms with E-state index in [0.29, 0.717) is 0 Å². The molecule has 1 aromatic rings. The fourth-order valence-corrected chi connectivity index (χ4v) is 0.738. The van der Waals surface area contributed by atoms with Gasteiger partial charge in [0.2, 0.25) is 0 Å². The van der Waals surface area contributed by atoms with Crippen molar-refractivity contribution < 1.29 is 4.74 Å². The molecule has 3 nitrogen and oxygen atoms in total. The summed E-state index contributed by atoms with van der Waals surface area (Å²) in [5.41, 5.74) is 0. The van der Waals surface area contributed by atoms with E-state index in [1.54, 1.807) is 6.92 Å². The van der Waals surface area contributed by atoms with E-state index in [4.69, 9.17) is 22.8 Å². The smallest absolute Gasteiger partial charge is 0.253 e. The number of aromatic nitrogens is 2. The second-order valence-corrected chi connectivity index (χ2v) is 2.44. The van der Waals surface area contributed by atoms with Crippen LogP contribution in [-0.4, -0.2) is 16.1 Å². The van der Waals surface area contributed by atoms with Crippen molar-refractivity contribution in [2.24, 2.45) is 0 Å². The molecule has 0 N–H and O–H groups in total. The SMILES string of the molecule is C#CC(C)Oc1nccnc1Cl. The predicted molar refractivity (Wildman–Crippen MR) is 46.0 cm³/mol. The van der Waals surface area contributed by atoms with Crippen LogP contribution in [-0.2, 0) is 0 Å². The number of terminal acetylenes is 1. The topological polar surface area (TPSA) is 35.0 Å². The number of hydrogen-bond donors (Lipinski definition) is 0. The molecule has 0 saturated heterocycles. The molecule has 0 spiro atoms. The van der Waals surface area contributed by atoms with Crippen molar-refractivity contribution in [2.45, 2.75) is 13.0 Å². The fourth-order valence-electron chi connectivity index (χ4n) is 0.589. The van der Waals surface area contributed by atoms with Gasteiger partial charge in [-0.1, -0.05) is 17.5 Å². The van der Waals surface area contributed by atoms with E-state index in [1.807, 2.05) is 0 Å². The lowest BCUT2D eigenvalue weighted by atomic mass is 10.4. The van der Waals surface area contributed by atoms with E-state index >= 15 is 0 Å². The van der Waals surface area contributed by atoms with Gasteiger partial charge in [0.15, 0.2) is 11.3 Å². The molecule has 0 aliphatic rings. The van der Waals surface area contributed by atoms with Crippen molar-refractivity contribution in [2.75, 3.05) is 0 Å². The van der Waals surface area contributed by atoms with Crippen LogP contribution in [0.3, 0.4) is 0 Å². The monoisotopic (exact) mass is 182 g/mol. The van der Waals surface area contributed by atoms with Gasteiger partial charge in [-0.3, -0.25) is 0 Å². The summed E-state index contributed by atoms with van der Waals surface area (Å²) in [5, 5.41) is 0.222. The Hall–Kier alpha value is -1.27. The van der Waals surface area contributed by atoms with Crippen LogP contribution in [0.25, 0.3) is 0 Å². The van der Waals surface area contributed by atoms with Gasteiger partial charge in [0.25, 0.3) is 5.88 Å². The molecule has 0 saturated carbocycles. The number of ether oxygens (including phenoxy) is 1. The third kappa shape index (κ3) is 2.11. The van der Waals surface area contributed by atoms with Gasteiger partial charge in [-0.05, 0) is 6.92 Å². The van der Waals surface area contributed by atoms with Gasteiger partial charge >= 0.3 is 0 Å². The number of nitrogens with zero attached hydrogens (tertiary/aromatic N) is 2. The Kier molecular flexibility index (Phi) is 2.89. The average Bonchev–Trinajstić information content (AvgIpc) is 2.09. The van der Waals surface area contributed by atoms with E-state index in [1.165, 1.54) is 12.4 Å². The molecule has 62 valence electrons. The highest BCUT2D eigenvalue weighted by molar-refractivity contribution is 6.30. The molecule has 1 rings (SSSR count). The Morgan fingerprint density at radius 3 is 2.83 bits per heavy atom. The Morgan fingerprint density at radius 1 is 1.58 bits per heavy atom. The van der Waals surface area contributed by atoms with Gasteiger partial charge in [-0.15, -0.1) is 6.42 Å². The second kappa shape index (κ2) is 3.93. The molecule has 4 heteroatoms. The van der Waals surface area contributed by atoms with Gasteiger partial charge in [0, 0.05) is 12.4 Å². The third-order valence-electron chi connectivity index (χ3n) is 1.15. The molecule has 0 aromatic carbocycles. The van der Waals surface area contributed by atoms with Gasteiger partial charge in [-0.25, -0.2) is 9.97 Å². The largest absolute Gasteiger partial charge is 0.459 e. The standard InChI is InChI=1S/C8H7ClN2O/c1-3-6(2)12-8-7(9)10-4-5-11-8/h1,4-6H,2H3. The quantitative estimate of drug-likeness (QED) is 0.651. The summed E-state index contributed by atoms with van der Waals surface area (Å²) in [6.07, 6.45) is 7.73. The van der Waals surface area contributed by atoms with Crippen molar-refractivity contribution in [1.82, 2.24) is 9.97 Å². The lowest BCUT2D eigenvalue weighted by molar-refractivity contribution is 0.267. The predicted octanol–water partition coefficient (Wildman–Crippen LogP) is 1.53. The summed E-state index contributed by atoms with van der Waals surface area (Å²) in [6, 6.07) is 0. The molecule has 1 unspecified atom stereocenters. The first-order valence-electron chi connectivity index (χ1n) is 3.33. The van der Waals surface area contributed by atoms with Crippen LogP contribution >= 0.6 is 11.6 Å². The Labute approximate surface area is 75.7 Å². The van der Waals surface area contributed by atoms with Crippen molar-refractivity contribution in [3.8, 4) is 18.2 Å². The maximum Gasteiger partial charge on any atom is 0.253 e. The molecule has 0 amide bonds. The minimum atomic E-state index is -0.348. The summed E-state index contributed by atoms with van der Waals surface area (Å²) in [7, 11) is 0. The van der Waals surface area contributed by atoms with Crippen molar-refractivity contribution >= 4 is 11.6 Å². The summed E-state index contributed by atoms with van der Waals surface area (Å²) in [6.45, 7) is 1.73. The summed E-state index contributed by atoms with van der Waals surface area (Å²) < 4.78 is 5.15. The highest BCUT2D eigenvalue weighted by Crippen LogP contribution is 2.17. The highest BCUT2D eigenvalue weighted by atomic mass is 35.5. The van der Waals surface area contributed by atoms with Crippen LogP contribution in [0.5, 0.6) is 5.88 Å². The maximum atomic E-state index is 5.66. The van der Waals surface area contributed by atoms with Crippen LogP contribution < -0.4 is 4.74 Å². The lowest BCUT2D eigenvalue weighted by Crippen LogP contribution is -2.09. The van der Waals surface area contributed by atoms with Crippen LogP contribution in [0.4, 0.5) is 0 Å². The van der Waals surface area contributed by atoms with E-state index < -0.39 is 0 Å². The Bertz CT molecular complexity index is 308. The minimum absolute atomic E-state index is 0.222. The summed E-state index contributed by atoms with van der Waals surface area (Å²) >= 11 is 5.66. The summed E-state index contributed by atoms with van der Waals surface area (Å²) in [5.74, 6) is 2.66. The van der Waals surface area contributed by atoms with Crippen molar-refractivity contribution in [3.05, 3.63) is 17.5 Å². The second-order valence-electron chi connectivity index (χ2n) is 2.08. The van der Waals surface area contributed by atoms with Gasteiger partial charge in [-0.2, -0.15) is 0 Å². The lowest BCUT2D eigenvalue weighted by Gasteiger charge is -2.07. The molecule has 1 heterocycles. The first-order chi connectivity index (χ1) is 5.74. The molecule has 0 bridgehead atoms. The third-order valence-corrected chi connectivity index (χ3v) is 1.41. The molecule has 0 aliphatic heterocycles. The van der Waals surface area contributed by atoms with Crippen LogP contribution in [0.1, 0.15) is 6.92 Å². The maximum absolute atomic E-state index is 5.66. The van der Waals surface area contributed by atoms with Crippen LogP contribution in [0.2, 0.25) is 5.15 Å². The van der Waals surface area contributed by atoms with Crippen molar-refractivity contribution in [1.29, 1.82) is 0 Å². The van der Waals surface area contributed by atoms with Crippen LogP contribution in [0, 0.1) is 12.3 Å². The number of hydrogen-bond acceptors (Lipinski definition) is 3. The zero-order chi connectivity index (χ0) is 8.97. The van der Waals surface area contributed by atoms with Crippen LogP contribution in [0.15, 0.2) is 12.4 Å². The highest BCUT2D eigenvalue weighted by Gasteiger charge is 2.05. The fraction of sp³-hybridized carbons (Fsp3) is 0.250. The zero-order valence-corrected chi connectivity index (χ0v) is 7.25. The molecular formula is C8H7ClN2O. The number of halogens is 1. The minimum Gasteiger partial charge on any atom is -0.459 e. The van der Waals surface area contributed by atoms with Gasteiger partial charge < -0.3 is 4.74 Å². The van der Waals surface area contributed by atoms with Crippen molar-refractivity contribution in [3.63, 3.8) is 0 Å². The van der Waals surface area contributed by atoms with Gasteiger partial charge in [0.05, 0.1) is 0 Å². The average molecular weight is 183 g/mol. The Morgan fingerprint density at radius 2 is 2.25 bits per heavy atom. The van der Waals surface area contributed by atoms with E-state index in [0.717, 1.165) is 0 Å². The first-order valence-corrected chi connectivity index (χ1v) is 3.71. The summed E-state index contributed by atoms with van der Waals surface area (Å²) in [4.78, 5) is 7.63. The molecule has 0 radical (unpaired) electrons. The molecule has 0 fully saturated rings. The number of rotatable bonds is 2. The molecule has 12 heavy (non-hydrogen) atoms. The van der Waals surface area contributed by atoms with E-state index in [9.17, 15) is 0 Å². The molecule has 1 atom stereocenters. The van der Waals surface area contributed by atoms with E-state index in [2.05, 4.69) is 15.9 Å². The Balaban J connectivity index is 2.77. The first kappa shape index (κ1) is 8.82. The normalized spacial score (nSPS) is 11.8.